The molecule has 59 heavy (non-hydrogen) atoms. The predicted molar refractivity (Wildman–Crippen MR) is 224 cm³/mol. The molecule has 14 nitrogen and oxygen atoms in total. The number of nitrogens with one attached hydrogen (secondary N) is 2. The topological polar surface area (TPSA) is 133 Å². The number of benzene rings is 2. The summed E-state index contributed by atoms with van der Waals surface area (Å²) >= 11 is 0.889. The summed E-state index contributed by atoms with van der Waals surface area (Å²) in [5.41, 5.74) is -0.551. The maximum Gasteiger partial charge on any atom is 0.325 e. The van der Waals surface area contributed by atoms with Crippen LogP contribution in [-0.2, 0) is 6.54 Å². The molecule has 4 aliphatic rings. The average molecular weight is 833 g/mol. The third-order valence-electron chi connectivity index (χ3n) is 12.7. The van der Waals surface area contributed by atoms with Gasteiger partial charge in [-0.1, -0.05) is 11.3 Å². The van der Waals surface area contributed by atoms with Gasteiger partial charge in [-0.05, 0) is 78.2 Å². The van der Waals surface area contributed by atoms with Crippen molar-refractivity contribution in [1.82, 2.24) is 29.1 Å². The van der Waals surface area contributed by atoms with Crippen LogP contribution in [-0.4, -0.2) is 108 Å². The van der Waals surface area contributed by atoms with Crippen molar-refractivity contribution < 1.29 is 22.7 Å². The molecule has 2 N–H and O–H groups in total. The first-order chi connectivity index (χ1) is 28.4. The highest BCUT2D eigenvalue weighted by Gasteiger charge is 2.40. The van der Waals surface area contributed by atoms with E-state index in [4.69, 9.17) is 4.74 Å². The number of aromatic nitrogens is 4. The van der Waals surface area contributed by atoms with E-state index >= 15 is 13.2 Å². The summed E-state index contributed by atoms with van der Waals surface area (Å²) in [7, 11) is 5.57. The quantitative estimate of drug-likeness (QED) is 0.194. The first-order valence-electron chi connectivity index (χ1n) is 20.2. The Morgan fingerprint density at radius 3 is 2.32 bits per heavy atom. The van der Waals surface area contributed by atoms with Crippen molar-refractivity contribution in [2.24, 2.45) is 5.92 Å². The SMILES string of the molecule is CCn1cc(-c2nnc(NC(=O)Nc3cn(C4CC4)c4c(OC)c(N5CC6CCCN(C)C6C5)c(F)cc4c3=O)s2)c(=O)c2cc(F)c(N3CCN(C)C(C)C3)c(F)c21. The highest BCUT2D eigenvalue weighted by Crippen LogP contribution is 2.46. The highest BCUT2D eigenvalue weighted by atomic mass is 32.1. The minimum absolute atomic E-state index is 0.00553. The number of piperazine rings is 1. The lowest BCUT2D eigenvalue weighted by molar-refractivity contribution is 0.158. The van der Waals surface area contributed by atoms with E-state index in [1.807, 2.05) is 23.4 Å². The summed E-state index contributed by atoms with van der Waals surface area (Å²) in [5.74, 6) is -1.48. The summed E-state index contributed by atoms with van der Waals surface area (Å²) in [4.78, 5) is 49.4. The van der Waals surface area contributed by atoms with E-state index in [9.17, 15) is 14.4 Å². The van der Waals surface area contributed by atoms with Crippen LogP contribution in [0.2, 0.25) is 0 Å². The van der Waals surface area contributed by atoms with Gasteiger partial charge < -0.3 is 38.8 Å². The Hall–Kier alpha value is -5.20. The van der Waals surface area contributed by atoms with Crippen molar-refractivity contribution in [2.75, 3.05) is 80.9 Å². The second-order valence-corrected chi connectivity index (χ2v) is 17.3. The summed E-state index contributed by atoms with van der Waals surface area (Å²) < 4.78 is 57.5. The third-order valence-corrected chi connectivity index (χ3v) is 13.6. The largest absolute Gasteiger partial charge is 0.492 e. The van der Waals surface area contributed by atoms with E-state index < -0.39 is 34.3 Å². The zero-order valence-corrected chi connectivity index (χ0v) is 34.5. The molecule has 0 spiro atoms. The van der Waals surface area contributed by atoms with Gasteiger partial charge in [0.05, 0.1) is 34.5 Å². The van der Waals surface area contributed by atoms with Crippen LogP contribution in [0.15, 0.2) is 34.1 Å². The molecular formula is C41H47F3N10O4S. The Bertz CT molecular complexity index is 2630. The van der Waals surface area contributed by atoms with Crippen molar-refractivity contribution in [2.45, 2.75) is 64.2 Å². The second-order valence-electron chi connectivity index (χ2n) is 16.3. The molecule has 312 valence electrons. The van der Waals surface area contributed by atoms with Gasteiger partial charge >= 0.3 is 6.03 Å². The van der Waals surface area contributed by atoms with Gasteiger partial charge in [-0.25, -0.2) is 18.0 Å². The maximum absolute atomic E-state index is 16.2. The van der Waals surface area contributed by atoms with Gasteiger partial charge in [0.2, 0.25) is 10.6 Å². The van der Waals surface area contributed by atoms with Crippen LogP contribution in [0, 0.1) is 23.4 Å². The third kappa shape index (κ3) is 6.78. The highest BCUT2D eigenvalue weighted by molar-refractivity contribution is 7.18. The zero-order valence-electron chi connectivity index (χ0n) is 33.6. The van der Waals surface area contributed by atoms with Crippen molar-refractivity contribution in [3.8, 4) is 16.3 Å². The Morgan fingerprint density at radius 2 is 1.63 bits per heavy atom. The number of pyridine rings is 2. The van der Waals surface area contributed by atoms with E-state index in [0.717, 1.165) is 49.6 Å². The Morgan fingerprint density at radius 1 is 0.881 bits per heavy atom. The molecule has 6 heterocycles. The molecule has 0 bridgehead atoms. The molecule has 2 aromatic carbocycles. The number of hydrogen-bond acceptors (Lipinski definition) is 11. The molecule has 4 fully saturated rings. The normalized spacial score (nSPS) is 21.4. The lowest BCUT2D eigenvalue weighted by Gasteiger charge is -2.39. The average Bonchev–Trinajstić information content (AvgIpc) is 3.80. The second kappa shape index (κ2) is 15.1. The van der Waals surface area contributed by atoms with Crippen LogP contribution in [0.25, 0.3) is 32.4 Å². The van der Waals surface area contributed by atoms with E-state index in [0.29, 0.717) is 61.6 Å². The van der Waals surface area contributed by atoms with E-state index in [1.165, 1.54) is 19.4 Å². The van der Waals surface area contributed by atoms with Gasteiger partial charge in [0.25, 0.3) is 0 Å². The van der Waals surface area contributed by atoms with Gasteiger partial charge in [0.1, 0.15) is 22.9 Å². The minimum Gasteiger partial charge on any atom is -0.492 e. The van der Waals surface area contributed by atoms with E-state index in [1.54, 1.807) is 22.6 Å². The van der Waals surface area contributed by atoms with Gasteiger partial charge in [-0.2, -0.15) is 0 Å². The van der Waals surface area contributed by atoms with Crippen LogP contribution in [0.4, 0.5) is 40.2 Å². The van der Waals surface area contributed by atoms with Crippen molar-refractivity contribution >= 4 is 61.4 Å². The van der Waals surface area contributed by atoms with Crippen molar-refractivity contribution in [3.63, 3.8) is 0 Å². The number of anilines is 4. The van der Waals surface area contributed by atoms with Crippen LogP contribution in [0.5, 0.6) is 5.75 Å². The van der Waals surface area contributed by atoms with Gasteiger partial charge in [-0.15, -0.1) is 10.2 Å². The molecule has 3 aliphatic heterocycles. The molecule has 1 aliphatic carbocycles. The fourth-order valence-corrected chi connectivity index (χ4v) is 10.0. The van der Waals surface area contributed by atoms with Crippen LogP contribution in [0.1, 0.15) is 45.6 Å². The number of likely N-dealkylation sites (tertiary alicyclic amines) is 1. The number of likely N-dealkylation sites (N-methyl/N-ethyl adjacent to an activating group) is 2. The molecule has 9 rings (SSSR count). The Balaban J connectivity index is 0.993. The van der Waals surface area contributed by atoms with Crippen LogP contribution < -0.4 is 36.0 Å². The molecular weight excluding hydrogens is 786 g/mol. The van der Waals surface area contributed by atoms with Crippen molar-refractivity contribution in [1.29, 1.82) is 0 Å². The number of fused-ring (bicyclic) bond motifs is 3. The Kier molecular flexibility index (Phi) is 10.1. The standard InChI is InChI=1S/C41H47F3N10O4S/c1-6-51-18-26(36(55)24-14-27(42)34(31(44)32(24)51)52-13-12-49(3)21(2)16-52)39-47-48-41(59-39)46-40(57)45-29-19-54(23-9-10-23)33-25(37(29)56)15-28(43)35(38(33)58-5)53-17-22-8-7-11-50(4)30(22)20-53/h14-15,18-19,21-23,30H,6-13,16-17,20H2,1-5H3,(H2,45,46,48,57). The number of hydrogen-bond donors (Lipinski definition) is 2. The first-order valence-corrected chi connectivity index (χ1v) is 21.0. The number of ether oxygens (including phenoxy) is 1. The molecule has 5 aromatic rings. The number of methoxy groups -OCH3 is 1. The van der Waals surface area contributed by atoms with Gasteiger partial charge in [0, 0.05) is 69.8 Å². The smallest absolute Gasteiger partial charge is 0.325 e. The fraction of sp³-hybridized carbons (Fsp3) is 0.488. The number of piperidine rings is 1. The monoisotopic (exact) mass is 832 g/mol. The number of halogens is 3. The minimum atomic E-state index is -0.826. The number of carbonyl (C=O) groups is 1. The van der Waals surface area contributed by atoms with Crippen molar-refractivity contribution in [3.05, 3.63) is 62.4 Å². The van der Waals surface area contributed by atoms with Gasteiger partial charge in [-0.3, -0.25) is 14.9 Å². The molecule has 0 radical (unpaired) electrons. The fourth-order valence-electron chi connectivity index (χ4n) is 9.30. The molecule has 3 saturated heterocycles. The van der Waals surface area contributed by atoms with Crippen LogP contribution >= 0.6 is 11.3 Å². The molecule has 2 amide bonds. The number of urea groups is 1. The Labute approximate surface area is 342 Å². The van der Waals surface area contributed by atoms with E-state index in [-0.39, 0.29) is 62.0 Å². The lowest BCUT2D eigenvalue weighted by atomic mass is 9.93. The number of rotatable bonds is 8. The summed E-state index contributed by atoms with van der Waals surface area (Å²) in [6.07, 6.45) is 6.90. The summed E-state index contributed by atoms with van der Waals surface area (Å²) in [5, 5.41) is 13.4. The zero-order chi connectivity index (χ0) is 41.4. The summed E-state index contributed by atoms with van der Waals surface area (Å²) in [6, 6.07) is 1.95. The maximum atomic E-state index is 16.2. The predicted octanol–water partition coefficient (Wildman–Crippen LogP) is 5.93. The number of amides is 2. The molecule has 1 saturated carbocycles. The molecule has 3 unspecified atom stereocenters. The molecule has 18 heteroatoms. The summed E-state index contributed by atoms with van der Waals surface area (Å²) in [6.45, 7) is 7.92. The van der Waals surface area contributed by atoms with E-state index in [2.05, 4.69) is 37.7 Å². The van der Waals surface area contributed by atoms with Crippen LogP contribution in [0.3, 0.4) is 0 Å². The molecule has 3 aromatic heterocycles. The number of aryl methyl sites for hydroxylation is 1. The lowest BCUT2D eigenvalue weighted by Crippen LogP contribution is -2.50. The number of nitrogens with zero attached hydrogens (tertiary/aromatic N) is 8. The molecule has 3 atom stereocenters. The first kappa shape index (κ1) is 39.3. The van der Waals surface area contributed by atoms with Gasteiger partial charge in [0.15, 0.2) is 27.8 Å². The number of carbonyl (C=O) groups excluding carboxylic acids is 1.